The molecule has 0 aliphatic rings. The molecule has 1 amide bonds. The van der Waals surface area contributed by atoms with Crippen molar-refractivity contribution < 1.29 is 9.90 Å². The smallest absolute Gasteiger partial charge is 0.404 e. The highest BCUT2D eigenvalue weighted by Gasteiger charge is 2.09. The van der Waals surface area contributed by atoms with E-state index < -0.39 is 12.1 Å². The van der Waals surface area contributed by atoms with Gasteiger partial charge in [-0.1, -0.05) is 29.8 Å². The first-order chi connectivity index (χ1) is 6.61. The summed E-state index contributed by atoms with van der Waals surface area (Å²) in [5, 5.41) is 11.1. The largest absolute Gasteiger partial charge is 0.465 e. The van der Waals surface area contributed by atoms with E-state index >= 15 is 0 Å². The van der Waals surface area contributed by atoms with Crippen molar-refractivity contribution in [2.75, 3.05) is 6.54 Å². The van der Waals surface area contributed by atoms with Crippen LogP contribution in [-0.2, 0) is 0 Å². The number of carboxylic acid groups (broad SMARTS) is 1. The van der Waals surface area contributed by atoms with Crippen LogP contribution >= 0.6 is 11.6 Å². The van der Waals surface area contributed by atoms with E-state index in [0.29, 0.717) is 5.02 Å². The zero-order valence-corrected chi connectivity index (χ0v) is 8.16. The molecule has 14 heavy (non-hydrogen) atoms. The van der Waals surface area contributed by atoms with Crippen LogP contribution in [0.4, 0.5) is 4.79 Å². The van der Waals surface area contributed by atoms with E-state index in [1.165, 1.54) is 0 Å². The van der Waals surface area contributed by atoms with E-state index in [0.717, 1.165) is 5.56 Å². The summed E-state index contributed by atoms with van der Waals surface area (Å²) in [5.74, 6) is 0. The number of nitrogens with one attached hydrogen (secondary N) is 1. The highest BCUT2D eigenvalue weighted by atomic mass is 35.5. The molecular formula is C9H11ClN2O2. The molecule has 0 aliphatic heterocycles. The third-order valence-electron chi connectivity index (χ3n) is 1.78. The molecule has 0 fully saturated rings. The van der Waals surface area contributed by atoms with E-state index in [4.69, 9.17) is 22.4 Å². The molecular weight excluding hydrogens is 204 g/mol. The summed E-state index contributed by atoms with van der Waals surface area (Å²) in [5.41, 5.74) is 6.47. The van der Waals surface area contributed by atoms with Crippen LogP contribution in [0.15, 0.2) is 24.3 Å². The fourth-order valence-electron chi connectivity index (χ4n) is 1.08. The fourth-order valence-corrected chi connectivity index (χ4v) is 1.36. The number of hydrogen-bond donors (Lipinski definition) is 3. The Bertz CT molecular complexity index is 330. The van der Waals surface area contributed by atoms with E-state index in [1.807, 2.05) is 6.07 Å². The number of halogens is 1. The third-order valence-corrected chi connectivity index (χ3v) is 2.12. The van der Waals surface area contributed by atoms with Crippen molar-refractivity contribution in [2.24, 2.45) is 5.73 Å². The van der Waals surface area contributed by atoms with Crippen LogP contribution in [-0.4, -0.2) is 17.7 Å². The van der Waals surface area contributed by atoms with Crippen molar-refractivity contribution in [1.82, 2.24) is 5.32 Å². The molecule has 0 aliphatic carbocycles. The maximum atomic E-state index is 10.2. The fraction of sp³-hybridized carbons (Fsp3) is 0.222. The van der Waals surface area contributed by atoms with E-state index in [-0.39, 0.29) is 6.54 Å². The first-order valence-corrected chi connectivity index (χ1v) is 4.46. The Morgan fingerprint density at radius 3 is 2.79 bits per heavy atom. The van der Waals surface area contributed by atoms with E-state index in [9.17, 15) is 4.79 Å². The van der Waals surface area contributed by atoms with Crippen molar-refractivity contribution in [1.29, 1.82) is 0 Å². The molecule has 1 rings (SSSR count). The molecule has 1 aromatic carbocycles. The van der Waals surface area contributed by atoms with Crippen LogP contribution in [0.3, 0.4) is 0 Å². The zero-order chi connectivity index (χ0) is 10.6. The first-order valence-electron chi connectivity index (χ1n) is 4.08. The van der Waals surface area contributed by atoms with Crippen LogP contribution in [0.1, 0.15) is 11.6 Å². The van der Waals surface area contributed by atoms with Gasteiger partial charge in [-0.25, -0.2) is 4.79 Å². The van der Waals surface area contributed by atoms with Gasteiger partial charge in [0.25, 0.3) is 0 Å². The standard InChI is InChI=1S/C9H11ClN2O2/c10-7-4-2-1-3-6(7)8(11)5-12-9(13)14/h1-4,8,12H,5,11H2,(H,13,14). The predicted molar refractivity (Wildman–Crippen MR) is 54.4 cm³/mol. The van der Waals surface area contributed by atoms with Crippen LogP contribution in [0.25, 0.3) is 0 Å². The molecule has 5 heteroatoms. The van der Waals surface area contributed by atoms with Gasteiger partial charge in [-0.15, -0.1) is 0 Å². The minimum atomic E-state index is -1.09. The molecule has 4 nitrogen and oxygen atoms in total. The topological polar surface area (TPSA) is 75.3 Å². The van der Waals surface area contributed by atoms with Gasteiger partial charge >= 0.3 is 6.09 Å². The van der Waals surface area contributed by atoms with Gasteiger partial charge < -0.3 is 16.2 Å². The minimum absolute atomic E-state index is 0.152. The number of nitrogens with two attached hydrogens (primary N) is 1. The molecule has 1 atom stereocenters. The zero-order valence-electron chi connectivity index (χ0n) is 7.40. The molecule has 0 heterocycles. The van der Waals surface area contributed by atoms with Gasteiger partial charge in [0.1, 0.15) is 0 Å². The maximum Gasteiger partial charge on any atom is 0.404 e. The second-order valence-electron chi connectivity index (χ2n) is 2.81. The lowest BCUT2D eigenvalue weighted by Gasteiger charge is -2.12. The highest BCUT2D eigenvalue weighted by Crippen LogP contribution is 2.20. The SMILES string of the molecule is NC(CNC(=O)O)c1ccccc1Cl. The molecule has 4 N–H and O–H groups in total. The number of amides is 1. The molecule has 0 bridgehead atoms. The van der Waals surface area contributed by atoms with Crippen LogP contribution in [0.2, 0.25) is 5.02 Å². The number of benzene rings is 1. The summed E-state index contributed by atoms with van der Waals surface area (Å²) in [4.78, 5) is 10.2. The average Bonchev–Trinajstić information content (AvgIpc) is 2.15. The van der Waals surface area contributed by atoms with Crippen molar-refractivity contribution >= 4 is 17.7 Å². The van der Waals surface area contributed by atoms with Gasteiger partial charge in [0.2, 0.25) is 0 Å². The van der Waals surface area contributed by atoms with Gasteiger partial charge in [0, 0.05) is 17.6 Å². The lowest BCUT2D eigenvalue weighted by molar-refractivity contribution is 0.193. The van der Waals surface area contributed by atoms with Gasteiger partial charge in [-0.05, 0) is 11.6 Å². The van der Waals surface area contributed by atoms with E-state index in [2.05, 4.69) is 5.32 Å². The Balaban J connectivity index is 2.65. The second kappa shape index (κ2) is 4.83. The maximum absolute atomic E-state index is 10.2. The van der Waals surface area contributed by atoms with Gasteiger partial charge in [0.15, 0.2) is 0 Å². The Morgan fingerprint density at radius 2 is 2.21 bits per heavy atom. The Labute approximate surface area is 86.7 Å². The predicted octanol–water partition coefficient (Wildman–Crippen LogP) is 1.61. The molecule has 1 unspecified atom stereocenters. The quantitative estimate of drug-likeness (QED) is 0.716. The molecule has 76 valence electrons. The second-order valence-corrected chi connectivity index (χ2v) is 3.22. The Morgan fingerprint density at radius 1 is 1.57 bits per heavy atom. The Hall–Kier alpha value is -1.26. The summed E-state index contributed by atoms with van der Waals surface area (Å²) in [6.07, 6.45) is -1.09. The summed E-state index contributed by atoms with van der Waals surface area (Å²) in [6, 6.07) is 6.68. The molecule has 0 aromatic heterocycles. The molecule has 0 radical (unpaired) electrons. The molecule has 0 saturated heterocycles. The number of rotatable bonds is 3. The normalized spacial score (nSPS) is 12.1. The van der Waals surface area contributed by atoms with Crippen molar-refractivity contribution in [3.05, 3.63) is 34.9 Å². The summed E-state index contributed by atoms with van der Waals surface area (Å²) in [7, 11) is 0. The lowest BCUT2D eigenvalue weighted by atomic mass is 10.1. The molecule has 0 saturated carbocycles. The summed E-state index contributed by atoms with van der Waals surface area (Å²) >= 11 is 5.88. The van der Waals surface area contributed by atoms with Crippen LogP contribution in [0.5, 0.6) is 0 Å². The van der Waals surface area contributed by atoms with Crippen molar-refractivity contribution in [3.8, 4) is 0 Å². The lowest BCUT2D eigenvalue weighted by Crippen LogP contribution is -2.30. The summed E-state index contributed by atoms with van der Waals surface area (Å²) < 4.78 is 0. The molecule has 1 aromatic rings. The third kappa shape index (κ3) is 2.90. The van der Waals surface area contributed by atoms with E-state index in [1.54, 1.807) is 18.2 Å². The van der Waals surface area contributed by atoms with Crippen LogP contribution < -0.4 is 11.1 Å². The van der Waals surface area contributed by atoms with Crippen molar-refractivity contribution in [2.45, 2.75) is 6.04 Å². The summed E-state index contributed by atoms with van der Waals surface area (Å²) in [6.45, 7) is 0.152. The number of hydrogen-bond acceptors (Lipinski definition) is 2. The van der Waals surface area contributed by atoms with Crippen LogP contribution in [0, 0.1) is 0 Å². The molecule has 0 spiro atoms. The number of carbonyl (C=O) groups is 1. The van der Waals surface area contributed by atoms with Gasteiger partial charge in [-0.3, -0.25) is 0 Å². The monoisotopic (exact) mass is 214 g/mol. The first kappa shape index (κ1) is 10.8. The Kier molecular flexibility index (Phi) is 3.73. The van der Waals surface area contributed by atoms with Gasteiger partial charge in [0.05, 0.1) is 0 Å². The minimum Gasteiger partial charge on any atom is -0.465 e. The average molecular weight is 215 g/mol. The van der Waals surface area contributed by atoms with Gasteiger partial charge in [-0.2, -0.15) is 0 Å². The highest BCUT2D eigenvalue weighted by molar-refractivity contribution is 6.31. The van der Waals surface area contributed by atoms with Crippen molar-refractivity contribution in [3.63, 3.8) is 0 Å².